The van der Waals surface area contributed by atoms with E-state index in [-0.39, 0.29) is 31.1 Å². The summed E-state index contributed by atoms with van der Waals surface area (Å²) in [5.74, 6) is -0.935. The van der Waals surface area contributed by atoms with Crippen molar-refractivity contribution in [3.63, 3.8) is 0 Å². The molecule has 0 aliphatic rings. The van der Waals surface area contributed by atoms with Crippen LogP contribution in [0.15, 0.2) is 36.5 Å². The smallest absolute Gasteiger partial charge is 0.306 e. The van der Waals surface area contributed by atoms with Gasteiger partial charge in [-0.1, -0.05) is 218 Å². The highest BCUT2D eigenvalue weighted by molar-refractivity contribution is 5.71. The lowest BCUT2D eigenvalue weighted by atomic mass is 10.0. The molecule has 6 nitrogen and oxygen atoms in total. The van der Waals surface area contributed by atoms with E-state index in [1.165, 1.54) is 148 Å². The summed E-state index contributed by atoms with van der Waals surface area (Å²) in [6.07, 6.45) is 52.8. The van der Waals surface area contributed by atoms with Crippen LogP contribution in [0.2, 0.25) is 0 Å². The summed E-state index contributed by atoms with van der Waals surface area (Å²) in [7, 11) is 0. The molecular weight excluding hydrogens is 709 g/mol. The van der Waals surface area contributed by atoms with Crippen molar-refractivity contribution in [1.29, 1.82) is 0 Å². The minimum atomic E-state index is -0.785. The average molecular weight is 801 g/mol. The molecule has 0 spiro atoms. The Hall–Kier alpha value is -2.37. The molecule has 57 heavy (non-hydrogen) atoms. The number of ether oxygens (including phenoxy) is 3. The topological polar surface area (TPSA) is 78.9 Å². The predicted molar refractivity (Wildman–Crippen MR) is 242 cm³/mol. The highest BCUT2D eigenvalue weighted by atomic mass is 16.6. The SMILES string of the molecule is CCCCCCCC/C=C\C/C=C\C/C=C\CCCC(=O)OCC(COC(=O)CCCCCCCCCCC)OC(=O)CCCCCCCCCCCCCCC. The number of carbonyl (C=O) groups excluding carboxylic acids is 3. The van der Waals surface area contributed by atoms with E-state index in [9.17, 15) is 14.4 Å². The van der Waals surface area contributed by atoms with Crippen LogP contribution in [-0.4, -0.2) is 37.2 Å². The highest BCUT2D eigenvalue weighted by Gasteiger charge is 2.19. The Labute approximate surface area is 353 Å². The zero-order valence-corrected chi connectivity index (χ0v) is 37.9. The molecular formula is C51H92O6. The number of unbranched alkanes of at least 4 members (excludes halogenated alkanes) is 27. The van der Waals surface area contributed by atoms with Gasteiger partial charge in [0, 0.05) is 19.3 Å². The van der Waals surface area contributed by atoms with E-state index in [1.54, 1.807) is 0 Å². The highest BCUT2D eigenvalue weighted by Crippen LogP contribution is 2.15. The Morgan fingerprint density at radius 3 is 1.05 bits per heavy atom. The van der Waals surface area contributed by atoms with Gasteiger partial charge in [-0.3, -0.25) is 14.4 Å². The van der Waals surface area contributed by atoms with Crippen molar-refractivity contribution in [3.05, 3.63) is 36.5 Å². The van der Waals surface area contributed by atoms with Crippen LogP contribution < -0.4 is 0 Å². The second-order valence-electron chi connectivity index (χ2n) is 16.4. The standard InChI is InChI=1S/C51H92O6/c1-4-7-10-13-16-19-21-23-24-25-26-28-29-32-35-38-41-44-50(53)56-47-48(46-55-49(52)43-40-37-34-31-18-15-12-9-6-3)57-51(54)45-42-39-36-33-30-27-22-20-17-14-11-8-5-2/h23-24,26,28,32,35,48H,4-22,25,27,29-31,33-34,36-47H2,1-3H3/b24-23-,28-26-,35-32-. The minimum absolute atomic E-state index is 0.0843. The van der Waals surface area contributed by atoms with Gasteiger partial charge >= 0.3 is 17.9 Å². The van der Waals surface area contributed by atoms with Gasteiger partial charge in [0.05, 0.1) is 0 Å². The van der Waals surface area contributed by atoms with Crippen molar-refractivity contribution in [1.82, 2.24) is 0 Å². The van der Waals surface area contributed by atoms with Crippen LogP contribution in [0.25, 0.3) is 0 Å². The van der Waals surface area contributed by atoms with E-state index in [0.717, 1.165) is 57.8 Å². The first-order chi connectivity index (χ1) is 28.0. The van der Waals surface area contributed by atoms with Gasteiger partial charge in [-0.15, -0.1) is 0 Å². The molecule has 0 aliphatic carbocycles. The van der Waals surface area contributed by atoms with Crippen molar-refractivity contribution < 1.29 is 28.6 Å². The summed E-state index contributed by atoms with van der Waals surface area (Å²) in [5, 5.41) is 0. The first-order valence-corrected chi connectivity index (χ1v) is 24.5. The Bertz CT molecular complexity index is 969. The number of carbonyl (C=O) groups is 3. The van der Waals surface area contributed by atoms with Crippen molar-refractivity contribution in [3.8, 4) is 0 Å². The molecule has 0 rings (SSSR count). The van der Waals surface area contributed by atoms with Crippen LogP contribution in [0.5, 0.6) is 0 Å². The third-order valence-electron chi connectivity index (χ3n) is 10.6. The summed E-state index contributed by atoms with van der Waals surface area (Å²) in [5.41, 5.74) is 0. The Kier molecular flexibility index (Phi) is 44.4. The molecule has 1 unspecified atom stereocenters. The molecule has 0 amide bonds. The molecule has 0 saturated heterocycles. The van der Waals surface area contributed by atoms with E-state index < -0.39 is 6.10 Å². The molecule has 0 bridgehead atoms. The van der Waals surface area contributed by atoms with E-state index >= 15 is 0 Å². The van der Waals surface area contributed by atoms with Gasteiger partial charge in [0.25, 0.3) is 0 Å². The molecule has 0 aromatic heterocycles. The van der Waals surface area contributed by atoms with Crippen LogP contribution in [0.4, 0.5) is 0 Å². The first-order valence-electron chi connectivity index (χ1n) is 24.5. The lowest BCUT2D eigenvalue weighted by molar-refractivity contribution is -0.167. The van der Waals surface area contributed by atoms with E-state index in [1.807, 2.05) is 0 Å². The van der Waals surface area contributed by atoms with Gasteiger partial charge in [-0.05, 0) is 51.4 Å². The molecule has 0 saturated carbocycles. The van der Waals surface area contributed by atoms with Crippen molar-refractivity contribution >= 4 is 17.9 Å². The van der Waals surface area contributed by atoms with Crippen LogP contribution in [-0.2, 0) is 28.6 Å². The summed E-state index contributed by atoms with van der Waals surface area (Å²) >= 11 is 0. The second kappa shape index (κ2) is 46.3. The second-order valence-corrected chi connectivity index (χ2v) is 16.4. The molecule has 0 radical (unpaired) electrons. The van der Waals surface area contributed by atoms with E-state index in [4.69, 9.17) is 14.2 Å². The van der Waals surface area contributed by atoms with Gasteiger partial charge in [-0.25, -0.2) is 0 Å². The van der Waals surface area contributed by atoms with Crippen molar-refractivity contribution in [2.45, 2.75) is 258 Å². The van der Waals surface area contributed by atoms with Crippen LogP contribution in [0.3, 0.4) is 0 Å². The largest absolute Gasteiger partial charge is 0.462 e. The minimum Gasteiger partial charge on any atom is -0.462 e. The monoisotopic (exact) mass is 801 g/mol. The zero-order chi connectivity index (χ0) is 41.5. The molecule has 0 aromatic rings. The maximum atomic E-state index is 12.7. The number of hydrogen-bond donors (Lipinski definition) is 0. The average Bonchev–Trinajstić information content (AvgIpc) is 3.21. The summed E-state index contributed by atoms with van der Waals surface area (Å²) in [6.45, 7) is 6.57. The molecule has 0 N–H and O–H groups in total. The molecule has 0 fully saturated rings. The number of rotatable bonds is 44. The Morgan fingerprint density at radius 1 is 0.351 bits per heavy atom. The maximum Gasteiger partial charge on any atom is 0.306 e. The number of esters is 3. The molecule has 332 valence electrons. The van der Waals surface area contributed by atoms with E-state index in [2.05, 4.69) is 57.2 Å². The third kappa shape index (κ3) is 44.6. The zero-order valence-electron chi connectivity index (χ0n) is 37.9. The molecule has 1 atom stereocenters. The van der Waals surface area contributed by atoms with Crippen LogP contribution >= 0.6 is 0 Å². The fraction of sp³-hybridized carbons (Fsp3) is 0.824. The maximum absolute atomic E-state index is 12.7. The predicted octanol–water partition coefficient (Wildman–Crippen LogP) is 15.8. The quantitative estimate of drug-likeness (QED) is 0.0264. The first kappa shape index (κ1) is 54.6. The van der Waals surface area contributed by atoms with Crippen molar-refractivity contribution in [2.24, 2.45) is 0 Å². The van der Waals surface area contributed by atoms with Crippen LogP contribution in [0, 0.1) is 0 Å². The van der Waals surface area contributed by atoms with Crippen LogP contribution in [0.1, 0.15) is 252 Å². The Balaban J connectivity index is 4.39. The van der Waals surface area contributed by atoms with Gasteiger partial charge in [0.1, 0.15) is 13.2 Å². The summed E-state index contributed by atoms with van der Waals surface area (Å²) in [4.78, 5) is 37.7. The third-order valence-corrected chi connectivity index (χ3v) is 10.6. The van der Waals surface area contributed by atoms with Crippen molar-refractivity contribution in [2.75, 3.05) is 13.2 Å². The molecule has 6 heteroatoms. The molecule has 0 aromatic carbocycles. The summed E-state index contributed by atoms with van der Waals surface area (Å²) in [6, 6.07) is 0. The Morgan fingerprint density at radius 2 is 0.649 bits per heavy atom. The molecule has 0 aliphatic heterocycles. The fourth-order valence-electron chi connectivity index (χ4n) is 6.93. The molecule has 0 heterocycles. The normalized spacial score (nSPS) is 12.3. The lowest BCUT2D eigenvalue weighted by Crippen LogP contribution is -2.30. The van der Waals surface area contributed by atoms with E-state index in [0.29, 0.717) is 25.7 Å². The summed E-state index contributed by atoms with van der Waals surface area (Å²) < 4.78 is 16.7. The fourth-order valence-corrected chi connectivity index (χ4v) is 6.93. The van der Waals surface area contributed by atoms with Gasteiger partial charge in [0.2, 0.25) is 0 Å². The van der Waals surface area contributed by atoms with Gasteiger partial charge in [0.15, 0.2) is 6.10 Å². The van der Waals surface area contributed by atoms with Gasteiger partial charge < -0.3 is 14.2 Å². The number of allylic oxidation sites excluding steroid dienone is 6. The lowest BCUT2D eigenvalue weighted by Gasteiger charge is -2.18. The number of hydrogen-bond acceptors (Lipinski definition) is 6. The van der Waals surface area contributed by atoms with Gasteiger partial charge in [-0.2, -0.15) is 0 Å².